The van der Waals surface area contributed by atoms with Gasteiger partial charge in [0, 0.05) is 62.1 Å². The molecule has 0 bridgehead atoms. The molecule has 4 heterocycles. The first-order chi connectivity index (χ1) is 28.1. The molecular weight excluding hydrogens is 841 g/mol. The number of fused-ring (bicyclic) bond motifs is 6. The Morgan fingerprint density at radius 1 is 0.704 bits per heavy atom. The van der Waals surface area contributed by atoms with Crippen molar-refractivity contribution in [3.05, 3.63) is 155 Å². The number of pyridine rings is 2. The van der Waals surface area contributed by atoms with Gasteiger partial charge < -0.3 is 14.0 Å². The molecule has 54 heavy (non-hydrogen) atoms. The number of rotatable bonds is 5. The third kappa shape index (κ3) is 6.66. The van der Waals surface area contributed by atoms with Crippen LogP contribution in [0.1, 0.15) is 75.7 Å². The second-order valence-electron chi connectivity index (χ2n) is 13.9. The maximum atomic E-state index is 7.28. The fraction of sp³-hybridized carbons (Fsp3) is 0.188. The minimum Gasteiger partial charge on any atom is -0.501 e. The minimum absolute atomic E-state index is 0. The van der Waals surface area contributed by atoms with E-state index in [1.54, 1.807) is 12.1 Å². The van der Waals surface area contributed by atoms with Gasteiger partial charge in [-0.3, -0.25) is 4.98 Å². The van der Waals surface area contributed by atoms with Crippen molar-refractivity contribution >= 4 is 43.9 Å². The molecule has 9 aromatic rings. The van der Waals surface area contributed by atoms with Gasteiger partial charge in [0.2, 0.25) is 0 Å². The van der Waals surface area contributed by atoms with Crippen LogP contribution in [0.4, 0.5) is 0 Å². The second-order valence-corrected chi connectivity index (χ2v) is 13.9. The van der Waals surface area contributed by atoms with Crippen LogP contribution in [0.25, 0.3) is 72.2 Å². The summed E-state index contributed by atoms with van der Waals surface area (Å²) >= 11 is 0. The molecule has 0 aliphatic carbocycles. The van der Waals surface area contributed by atoms with Crippen LogP contribution in [0.15, 0.2) is 120 Å². The van der Waals surface area contributed by atoms with Crippen molar-refractivity contribution in [3.63, 3.8) is 0 Å². The van der Waals surface area contributed by atoms with Crippen LogP contribution in [0.3, 0.4) is 0 Å². The first kappa shape index (κ1) is 30.0. The fourth-order valence-electron chi connectivity index (χ4n) is 7.10. The molecular formula is C48H42IrN4O-2. The number of para-hydroxylation sites is 2. The largest absolute Gasteiger partial charge is 0.501 e. The van der Waals surface area contributed by atoms with E-state index in [1.807, 2.05) is 18.2 Å². The Morgan fingerprint density at radius 3 is 2.07 bits per heavy atom. The number of aromatic nitrogens is 4. The Morgan fingerprint density at radius 2 is 1.41 bits per heavy atom. The smallest absolute Gasteiger partial charge is 0.169 e. The zero-order valence-electron chi connectivity index (χ0n) is 36.7. The standard InChI is InChI=1S/C35H30N3O.C13H12N.Ir/c1-20(2)23-15-10-16-24(21(3)4)31(23)38-32-27-14-7-6-12-25(27)22(5)36-34(32)37-35(38)29-18-11-17-28-26-13-8-9-19-30(26)39-33(28)29;1-10-3-6-12(7-4-10)13-8-5-11(2)9-14-13;/h6-17,19-21H,1-5H3;3-6,8-9H,1-2H3;/q2*-1;/i;1D3,2D3;. The maximum Gasteiger partial charge on any atom is 0.169 e. The molecule has 0 N–H and O–H groups in total. The van der Waals surface area contributed by atoms with Crippen LogP contribution in [0.5, 0.6) is 0 Å². The van der Waals surface area contributed by atoms with Gasteiger partial charge in [-0.05, 0) is 54.1 Å². The van der Waals surface area contributed by atoms with Gasteiger partial charge in [-0.15, -0.1) is 53.6 Å². The maximum absolute atomic E-state index is 7.28. The van der Waals surface area contributed by atoms with E-state index >= 15 is 0 Å². The minimum atomic E-state index is -2.18. The summed E-state index contributed by atoms with van der Waals surface area (Å²) in [5.74, 6) is 1.44. The number of hydrogen-bond donors (Lipinski definition) is 0. The van der Waals surface area contributed by atoms with Crippen LogP contribution in [-0.2, 0) is 20.1 Å². The van der Waals surface area contributed by atoms with Crippen LogP contribution in [0.2, 0.25) is 0 Å². The predicted octanol–water partition coefficient (Wildman–Crippen LogP) is 12.7. The zero-order chi connectivity index (χ0) is 41.8. The fourth-order valence-corrected chi connectivity index (χ4v) is 7.10. The van der Waals surface area contributed by atoms with E-state index in [9.17, 15) is 0 Å². The van der Waals surface area contributed by atoms with Gasteiger partial charge in [0.25, 0.3) is 0 Å². The van der Waals surface area contributed by atoms with E-state index in [0.29, 0.717) is 23.1 Å². The Bertz CT molecular complexity index is 2900. The van der Waals surface area contributed by atoms with E-state index in [4.69, 9.17) is 22.6 Å². The van der Waals surface area contributed by atoms with Crippen LogP contribution < -0.4 is 0 Å². The molecule has 0 saturated carbocycles. The summed E-state index contributed by atoms with van der Waals surface area (Å²) in [6.07, 6.45) is 1.30. The SMILES string of the molecule is Cc1nc2nc(-c3[c-]ccc4c3oc3ccccc34)n(-c3c(C(C)C)cccc3C(C)C)c2c2ccccc12.[2H]C([2H])([2H])c1c[c-]c(-c2ccc(C([2H])([2H])[2H])cn2)cc1.[Ir]. The van der Waals surface area contributed by atoms with Crippen LogP contribution in [-0.4, -0.2) is 19.5 Å². The molecule has 0 aliphatic rings. The average Bonchev–Trinajstić information content (AvgIpc) is 3.79. The van der Waals surface area contributed by atoms with Gasteiger partial charge in [-0.1, -0.05) is 118 Å². The summed E-state index contributed by atoms with van der Waals surface area (Å²) in [4.78, 5) is 14.4. The van der Waals surface area contributed by atoms with Crippen molar-refractivity contribution in [2.75, 3.05) is 0 Å². The molecule has 5 aromatic carbocycles. The van der Waals surface area contributed by atoms with E-state index in [1.165, 1.54) is 41.2 Å². The van der Waals surface area contributed by atoms with Crippen molar-refractivity contribution in [3.8, 4) is 28.3 Å². The molecule has 0 spiro atoms. The number of hydrogen-bond acceptors (Lipinski definition) is 4. The van der Waals surface area contributed by atoms with Crippen molar-refractivity contribution in [1.29, 1.82) is 0 Å². The molecule has 4 aromatic heterocycles. The Labute approximate surface area is 338 Å². The van der Waals surface area contributed by atoms with Gasteiger partial charge in [0.1, 0.15) is 5.58 Å². The molecule has 0 fully saturated rings. The number of nitrogens with zero attached hydrogens (tertiary/aromatic N) is 4. The molecule has 5 nitrogen and oxygen atoms in total. The van der Waals surface area contributed by atoms with Crippen molar-refractivity contribution in [2.45, 2.75) is 60.2 Å². The van der Waals surface area contributed by atoms with E-state index in [2.05, 4.69) is 117 Å². The van der Waals surface area contributed by atoms with Crippen molar-refractivity contribution in [2.24, 2.45) is 0 Å². The van der Waals surface area contributed by atoms with Gasteiger partial charge in [0.05, 0.1) is 16.9 Å². The van der Waals surface area contributed by atoms with Crippen LogP contribution in [0, 0.1) is 32.8 Å². The number of imidazole rings is 1. The Balaban J connectivity index is 0.000000220. The predicted molar refractivity (Wildman–Crippen MR) is 219 cm³/mol. The van der Waals surface area contributed by atoms with Gasteiger partial charge in [-0.2, -0.15) is 0 Å². The molecule has 0 unspecified atom stereocenters. The quantitative estimate of drug-likeness (QED) is 0.162. The Kier molecular flexibility index (Phi) is 8.40. The zero-order valence-corrected chi connectivity index (χ0v) is 33.0. The molecule has 0 amide bonds. The number of furan rings is 1. The third-order valence-corrected chi connectivity index (χ3v) is 9.69. The third-order valence-electron chi connectivity index (χ3n) is 9.69. The van der Waals surface area contributed by atoms with E-state index < -0.39 is 13.7 Å². The monoisotopic (exact) mass is 889 g/mol. The first-order valence-electron chi connectivity index (χ1n) is 20.8. The summed E-state index contributed by atoms with van der Waals surface area (Å²) in [6.45, 7) is 6.76. The summed E-state index contributed by atoms with van der Waals surface area (Å²) in [5, 5.41) is 4.43. The summed E-state index contributed by atoms with van der Waals surface area (Å²) < 4.78 is 52.5. The Hall–Kier alpha value is -5.42. The number of benzene rings is 5. The molecule has 0 atom stereocenters. The molecule has 6 heteroatoms. The molecule has 0 aliphatic heterocycles. The second kappa shape index (κ2) is 15.1. The number of aryl methyl sites for hydroxylation is 3. The normalized spacial score (nSPS) is 13.5. The molecule has 0 saturated heterocycles. The van der Waals surface area contributed by atoms with E-state index in [-0.39, 0.29) is 31.2 Å². The molecule has 9 rings (SSSR count). The van der Waals surface area contributed by atoms with E-state index in [0.717, 1.165) is 61.0 Å². The van der Waals surface area contributed by atoms with Crippen molar-refractivity contribution < 1.29 is 32.7 Å². The summed E-state index contributed by atoms with van der Waals surface area (Å²) in [7, 11) is 0. The summed E-state index contributed by atoms with van der Waals surface area (Å²) in [6, 6.07) is 41.4. The topological polar surface area (TPSA) is 56.7 Å². The first-order valence-corrected chi connectivity index (χ1v) is 17.8. The van der Waals surface area contributed by atoms with Crippen molar-refractivity contribution in [1.82, 2.24) is 19.5 Å². The summed E-state index contributed by atoms with van der Waals surface area (Å²) in [5.41, 5.74) is 10.5. The van der Waals surface area contributed by atoms with Crippen LogP contribution >= 0.6 is 0 Å². The van der Waals surface area contributed by atoms with Gasteiger partial charge in [0.15, 0.2) is 5.65 Å². The van der Waals surface area contributed by atoms with Gasteiger partial charge >= 0.3 is 0 Å². The van der Waals surface area contributed by atoms with Gasteiger partial charge in [-0.25, -0.2) is 4.98 Å². The molecule has 271 valence electrons. The average molecular weight is 889 g/mol. The molecule has 1 radical (unpaired) electrons.